The summed E-state index contributed by atoms with van der Waals surface area (Å²) in [6.07, 6.45) is 4.65. The minimum Gasteiger partial charge on any atom is -0.250 e. The largest absolute Gasteiger partial charge is 0.250 e. The highest BCUT2D eigenvalue weighted by Crippen LogP contribution is 2.31. The lowest BCUT2D eigenvalue weighted by molar-refractivity contribution is 0.341. The molecule has 0 amide bonds. The standard InChI is InChI=1S/C16H28N6/c1-11(2)15-17-10-21(20-15)13(5)8-16(6,7)14-9-18-22(19-14)12(3)4/h9-13H,8H2,1-7H3. The van der Waals surface area contributed by atoms with Crippen molar-refractivity contribution >= 4 is 0 Å². The molecule has 6 nitrogen and oxygen atoms in total. The van der Waals surface area contributed by atoms with Crippen molar-refractivity contribution in [3.63, 3.8) is 0 Å². The first-order valence-electron chi connectivity index (χ1n) is 8.04. The third-order valence-electron chi connectivity index (χ3n) is 3.96. The van der Waals surface area contributed by atoms with Crippen LogP contribution in [0.25, 0.3) is 0 Å². The second-order valence-corrected chi connectivity index (χ2v) is 7.32. The molecule has 0 aromatic carbocycles. The lowest BCUT2D eigenvalue weighted by Crippen LogP contribution is -2.24. The molecule has 2 rings (SSSR count). The summed E-state index contributed by atoms with van der Waals surface area (Å²) < 4.78 is 1.96. The Kier molecular flexibility index (Phi) is 4.68. The van der Waals surface area contributed by atoms with E-state index >= 15 is 0 Å². The Morgan fingerprint density at radius 2 is 1.77 bits per heavy atom. The van der Waals surface area contributed by atoms with Crippen LogP contribution in [0, 0.1) is 0 Å². The molecule has 1 atom stereocenters. The van der Waals surface area contributed by atoms with Crippen molar-refractivity contribution in [2.24, 2.45) is 0 Å². The van der Waals surface area contributed by atoms with Crippen molar-refractivity contribution in [1.29, 1.82) is 0 Å². The van der Waals surface area contributed by atoms with Gasteiger partial charge in [0.25, 0.3) is 0 Å². The van der Waals surface area contributed by atoms with E-state index in [0.29, 0.717) is 5.92 Å². The van der Waals surface area contributed by atoms with Gasteiger partial charge in [0.2, 0.25) is 0 Å². The molecule has 0 bridgehead atoms. The smallest absolute Gasteiger partial charge is 0.153 e. The zero-order chi connectivity index (χ0) is 16.5. The summed E-state index contributed by atoms with van der Waals surface area (Å²) in [6.45, 7) is 15.0. The van der Waals surface area contributed by atoms with Crippen molar-refractivity contribution in [3.8, 4) is 0 Å². The summed E-state index contributed by atoms with van der Waals surface area (Å²) in [5.41, 5.74) is 0.966. The maximum absolute atomic E-state index is 4.62. The summed E-state index contributed by atoms with van der Waals surface area (Å²) in [7, 11) is 0. The van der Waals surface area contributed by atoms with E-state index in [1.165, 1.54) is 0 Å². The molecule has 0 saturated heterocycles. The molecule has 0 radical (unpaired) electrons. The van der Waals surface area contributed by atoms with Crippen LogP contribution in [0.2, 0.25) is 0 Å². The van der Waals surface area contributed by atoms with Gasteiger partial charge in [-0.3, -0.25) is 0 Å². The summed E-state index contributed by atoms with van der Waals surface area (Å²) in [4.78, 5) is 6.16. The highest BCUT2D eigenvalue weighted by Gasteiger charge is 2.28. The van der Waals surface area contributed by atoms with Gasteiger partial charge in [-0.2, -0.15) is 20.1 Å². The van der Waals surface area contributed by atoms with Gasteiger partial charge in [-0.05, 0) is 27.2 Å². The van der Waals surface area contributed by atoms with Crippen LogP contribution < -0.4 is 0 Å². The van der Waals surface area contributed by atoms with Gasteiger partial charge in [-0.15, -0.1) is 0 Å². The molecule has 2 aromatic rings. The fourth-order valence-electron chi connectivity index (χ4n) is 2.54. The fraction of sp³-hybridized carbons (Fsp3) is 0.750. The minimum atomic E-state index is -0.0590. The van der Waals surface area contributed by atoms with Gasteiger partial charge >= 0.3 is 0 Å². The number of hydrogen-bond donors (Lipinski definition) is 0. The van der Waals surface area contributed by atoms with Crippen molar-refractivity contribution in [2.75, 3.05) is 0 Å². The molecule has 2 heterocycles. The first-order chi connectivity index (χ1) is 10.2. The molecule has 0 fully saturated rings. The molecule has 6 heteroatoms. The number of nitrogens with zero attached hydrogens (tertiary/aromatic N) is 6. The molecule has 0 saturated carbocycles. The average molecular weight is 304 g/mol. The van der Waals surface area contributed by atoms with Gasteiger partial charge in [-0.25, -0.2) is 9.67 Å². The van der Waals surface area contributed by atoms with Gasteiger partial charge in [0.1, 0.15) is 6.33 Å². The monoisotopic (exact) mass is 304 g/mol. The van der Waals surface area contributed by atoms with E-state index in [-0.39, 0.29) is 17.5 Å². The zero-order valence-electron chi connectivity index (χ0n) is 14.8. The van der Waals surface area contributed by atoms with E-state index in [9.17, 15) is 0 Å². The number of hydrogen-bond acceptors (Lipinski definition) is 4. The fourth-order valence-corrected chi connectivity index (χ4v) is 2.54. The van der Waals surface area contributed by atoms with Gasteiger partial charge in [0.05, 0.1) is 24.0 Å². The molecule has 0 N–H and O–H groups in total. The maximum Gasteiger partial charge on any atom is 0.153 e. The van der Waals surface area contributed by atoms with Crippen LogP contribution >= 0.6 is 0 Å². The topological polar surface area (TPSA) is 61.4 Å². The van der Waals surface area contributed by atoms with Gasteiger partial charge in [0.15, 0.2) is 5.82 Å². The van der Waals surface area contributed by atoms with E-state index in [1.54, 1.807) is 4.80 Å². The van der Waals surface area contributed by atoms with Crippen LogP contribution in [0.3, 0.4) is 0 Å². The molecule has 0 aliphatic heterocycles. The van der Waals surface area contributed by atoms with Crippen LogP contribution in [0.5, 0.6) is 0 Å². The zero-order valence-corrected chi connectivity index (χ0v) is 14.8. The van der Waals surface area contributed by atoms with E-state index < -0.39 is 0 Å². The highest BCUT2D eigenvalue weighted by atomic mass is 15.5. The molecule has 0 aliphatic carbocycles. The summed E-state index contributed by atoms with van der Waals surface area (Å²) in [5, 5.41) is 13.6. The number of rotatable bonds is 6. The summed E-state index contributed by atoms with van der Waals surface area (Å²) >= 11 is 0. The Hall–Kier alpha value is -1.72. The van der Waals surface area contributed by atoms with Crippen LogP contribution in [0.1, 0.15) is 84.4 Å². The van der Waals surface area contributed by atoms with Gasteiger partial charge in [0, 0.05) is 11.3 Å². The van der Waals surface area contributed by atoms with E-state index in [4.69, 9.17) is 0 Å². The maximum atomic E-state index is 4.62. The van der Waals surface area contributed by atoms with Crippen LogP contribution in [0.15, 0.2) is 12.5 Å². The quantitative estimate of drug-likeness (QED) is 0.819. The normalized spacial score (nSPS) is 14.0. The Morgan fingerprint density at radius 3 is 2.27 bits per heavy atom. The van der Waals surface area contributed by atoms with Crippen molar-refractivity contribution in [1.82, 2.24) is 29.8 Å². The Balaban J connectivity index is 2.12. The second-order valence-electron chi connectivity index (χ2n) is 7.32. The Bertz CT molecular complexity index is 608. The molecule has 1 unspecified atom stereocenters. The average Bonchev–Trinajstić information content (AvgIpc) is 3.08. The SMILES string of the molecule is CC(C)c1ncn(C(C)CC(C)(C)c2cnn(C(C)C)n2)n1. The van der Waals surface area contributed by atoms with Crippen LogP contribution in [-0.4, -0.2) is 29.8 Å². The van der Waals surface area contributed by atoms with Crippen LogP contribution in [-0.2, 0) is 5.41 Å². The molecule has 0 aliphatic rings. The van der Waals surface area contributed by atoms with Crippen molar-refractivity contribution < 1.29 is 0 Å². The highest BCUT2D eigenvalue weighted by molar-refractivity contribution is 5.09. The molecule has 122 valence electrons. The molecular weight excluding hydrogens is 276 g/mol. The van der Waals surface area contributed by atoms with Crippen molar-refractivity contribution in [3.05, 3.63) is 24.0 Å². The predicted molar refractivity (Wildman–Crippen MR) is 86.9 cm³/mol. The van der Waals surface area contributed by atoms with Gasteiger partial charge in [-0.1, -0.05) is 27.7 Å². The van der Waals surface area contributed by atoms with Gasteiger partial charge < -0.3 is 0 Å². The lowest BCUT2D eigenvalue weighted by Gasteiger charge is -2.25. The summed E-state index contributed by atoms with van der Waals surface area (Å²) in [6, 6.07) is 0.546. The Labute approximate surface area is 132 Å². The minimum absolute atomic E-state index is 0.0590. The van der Waals surface area contributed by atoms with E-state index in [1.807, 2.05) is 17.2 Å². The third-order valence-corrected chi connectivity index (χ3v) is 3.96. The first kappa shape index (κ1) is 16.6. The molecular formula is C16H28N6. The summed E-state index contributed by atoms with van der Waals surface area (Å²) in [5.74, 6) is 1.25. The Morgan fingerprint density at radius 1 is 1.09 bits per heavy atom. The van der Waals surface area contributed by atoms with Crippen LogP contribution in [0.4, 0.5) is 0 Å². The lowest BCUT2D eigenvalue weighted by atomic mass is 9.83. The first-order valence-corrected chi connectivity index (χ1v) is 8.04. The van der Waals surface area contributed by atoms with Crippen molar-refractivity contribution in [2.45, 2.75) is 78.3 Å². The number of aromatic nitrogens is 6. The third kappa shape index (κ3) is 3.54. The second kappa shape index (κ2) is 6.18. The molecule has 22 heavy (non-hydrogen) atoms. The molecule has 0 spiro atoms. The predicted octanol–water partition coefficient (Wildman–Crippen LogP) is 3.50. The molecule has 2 aromatic heterocycles. The van der Waals surface area contributed by atoms with E-state index in [2.05, 4.69) is 68.7 Å². The van der Waals surface area contributed by atoms with E-state index in [0.717, 1.165) is 17.9 Å².